The molecule has 0 bridgehead atoms. The Morgan fingerprint density at radius 3 is 2.59 bits per heavy atom. The van der Waals surface area contributed by atoms with E-state index in [0.29, 0.717) is 24.7 Å². The number of carbonyl (C=O) groups is 1. The van der Waals surface area contributed by atoms with E-state index >= 15 is 0 Å². The van der Waals surface area contributed by atoms with Gasteiger partial charge in [-0.1, -0.05) is 29.8 Å². The van der Waals surface area contributed by atoms with Crippen LogP contribution in [0.15, 0.2) is 60.9 Å². The first-order valence-corrected chi connectivity index (χ1v) is 9.58. The average Bonchev–Trinajstić information content (AvgIpc) is 2.76. The first-order valence-electron chi connectivity index (χ1n) is 9.58. The lowest BCUT2D eigenvalue weighted by atomic mass is 10.2. The highest BCUT2D eigenvalue weighted by Gasteiger charge is 2.17. The maximum Gasteiger partial charge on any atom is 0.274 e. The van der Waals surface area contributed by atoms with Gasteiger partial charge in [-0.15, -0.1) is 0 Å². The van der Waals surface area contributed by atoms with Gasteiger partial charge in [0.2, 0.25) is 0 Å². The summed E-state index contributed by atoms with van der Waals surface area (Å²) in [5.74, 6) is 0.288. The highest BCUT2D eigenvalue weighted by molar-refractivity contribution is 6.05. The molecule has 1 amide bonds. The summed E-state index contributed by atoms with van der Waals surface area (Å²) < 4.78 is 5.43. The van der Waals surface area contributed by atoms with E-state index in [-0.39, 0.29) is 5.91 Å². The molecule has 1 aromatic heterocycles. The van der Waals surface area contributed by atoms with Gasteiger partial charge < -0.3 is 20.3 Å². The van der Waals surface area contributed by atoms with Gasteiger partial charge in [0.25, 0.3) is 5.91 Å². The zero-order valence-corrected chi connectivity index (χ0v) is 16.3. The molecule has 2 aromatic carbocycles. The lowest BCUT2D eigenvalue weighted by Crippen LogP contribution is -2.36. The monoisotopic (exact) mass is 389 g/mol. The Kier molecular flexibility index (Phi) is 5.67. The number of aromatic nitrogens is 2. The van der Waals surface area contributed by atoms with E-state index in [9.17, 15) is 4.79 Å². The molecule has 0 unspecified atom stereocenters. The van der Waals surface area contributed by atoms with Gasteiger partial charge in [-0.25, -0.2) is 9.97 Å². The van der Waals surface area contributed by atoms with Crippen molar-refractivity contribution in [3.05, 3.63) is 72.2 Å². The summed E-state index contributed by atoms with van der Waals surface area (Å²) in [6.07, 6.45) is 1.39. The van der Waals surface area contributed by atoms with Gasteiger partial charge in [0, 0.05) is 24.8 Å². The van der Waals surface area contributed by atoms with Crippen molar-refractivity contribution in [1.82, 2.24) is 9.97 Å². The van der Waals surface area contributed by atoms with Gasteiger partial charge >= 0.3 is 0 Å². The number of benzene rings is 2. The standard InChI is InChI=1S/C22H23N5O2/c1-16-6-8-17(9-7-16)25-21-14-19(23-15-24-21)22(28)26-18-4-2-3-5-20(18)27-10-12-29-13-11-27/h2-9,14-15H,10-13H2,1H3,(H,26,28)(H,23,24,25). The third-order valence-electron chi connectivity index (χ3n) is 4.73. The van der Waals surface area contributed by atoms with Crippen molar-refractivity contribution >= 4 is 28.8 Å². The third kappa shape index (κ3) is 4.70. The predicted octanol–water partition coefficient (Wildman–Crippen LogP) is 3.62. The number of para-hydroxylation sites is 2. The molecular weight excluding hydrogens is 366 g/mol. The fourth-order valence-corrected chi connectivity index (χ4v) is 3.18. The fraction of sp³-hybridized carbons (Fsp3) is 0.227. The quantitative estimate of drug-likeness (QED) is 0.694. The van der Waals surface area contributed by atoms with Crippen LogP contribution in [0.3, 0.4) is 0 Å². The highest BCUT2D eigenvalue weighted by atomic mass is 16.5. The molecule has 3 aromatic rings. The van der Waals surface area contributed by atoms with Crippen molar-refractivity contribution in [3.63, 3.8) is 0 Å². The summed E-state index contributed by atoms with van der Waals surface area (Å²) in [6, 6.07) is 17.4. The zero-order chi connectivity index (χ0) is 20.1. The van der Waals surface area contributed by atoms with E-state index in [0.717, 1.165) is 30.2 Å². The van der Waals surface area contributed by atoms with E-state index in [4.69, 9.17) is 4.74 Å². The smallest absolute Gasteiger partial charge is 0.274 e. The van der Waals surface area contributed by atoms with Gasteiger partial charge in [-0.3, -0.25) is 4.79 Å². The number of amides is 1. The van der Waals surface area contributed by atoms with Gasteiger partial charge in [-0.05, 0) is 31.2 Å². The van der Waals surface area contributed by atoms with Gasteiger partial charge in [0.1, 0.15) is 17.8 Å². The minimum absolute atomic E-state index is 0.278. The summed E-state index contributed by atoms with van der Waals surface area (Å²) in [5, 5.41) is 6.18. The number of hydrogen-bond donors (Lipinski definition) is 2. The molecular formula is C22H23N5O2. The molecule has 1 saturated heterocycles. The van der Waals surface area contributed by atoms with Crippen LogP contribution >= 0.6 is 0 Å². The van der Waals surface area contributed by atoms with Crippen molar-refractivity contribution in [2.45, 2.75) is 6.92 Å². The number of hydrogen-bond acceptors (Lipinski definition) is 6. The Balaban J connectivity index is 1.50. The van der Waals surface area contributed by atoms with Gasteiger partial charge in [0.15, 0.2) is 0 Å². The average molecular weight is 389 g/mol. The second kappa shape index (κ2) is 8.70. The molecule has 2 N–H and O–H groups in total. The molecule has 2 heterocycles. The first-order chi connectivity index (χ1) is 14.2. The minimum atomic E-state index is -0.278. The number of rotatable bonds is 5. The Morgan fingerprint density at radius 1 is 1.03 bits per heavy atom. The molecule has 148 valence electrons. The van der Waals surface area contributed by atoms with Crippen LogP contribution in [0.2, 0.25) is 0 Å². The van der Waals surface area contributed by atoms with Crippen molar-refractivity contribution in [2.24, 2.45) is 0 Å². The Labute approximate surface area is 169 Å². The largest absolute Gasteiger partial charge is 0.378 e. The SMILES string of the molecule is Cc1ccc(Nc2cc(C(=O)Nc3ccccc3N3CCOCC3)ncn2)cc1. The Hall–Kier alpha value is -3.45. The normalized spacial score (nSPS) is 13.8. The zero-order valence-electron chi connectivity index (χ0n) is 16.3. The summed E-state index contributed by atoms with van der Waals surface area (Å²) >= 11 is 0. The van der Waals surface area contributed by atoms with Crippen LogP contribution in [-0.4, -0.2) is 42.2 Å². The Bertz CT molecular complexity index is 985. The first kappa shape index (κ1) is 18.9. The number of ether oxygens (including phenoxy) is 1. The van der Waals surface area contributed by atoms with Crippen LogP contribution in [0.5, 0.6) is 0 Å². The van der Waals surface area contributed by atoms with Crippen molar-refractivity contribution in [1.29, 1.82) is 0 Å². The molecule has 29 heavy (non-hydrogen) atoms. The topological polar surface area (TPSA) is 79.4 Å². The van der Waals surface area contributed by atoms with E-state index in [1.54, 1.807) is 6.07 Å². The molecule has 7 heteroatoms. The number of morpholine rings is 1. The van der Waals surface area contributed by atoms with E-state index in [2.05, 4.69) is 25.5 Å². The highest BCUT2D eigenvalue weighted by Crippen LogP contribution is 2.27. The molecule has 7 nitrogen and oxygen atoms in total. The van der Waals surface area contributed by atoms with Crippen LogP contribution in [-0.2, 0) is 4.74 Å². The summed E-state index contributed by atoms with van der Waals surface area (Å²) in [7, 11) is 0. The maximum atomic E-state index is 12.8. The van der Waals surface area contributed by atoms with Crippen LogP contribution in [0, 0.1) is 6.92 Å². The molecule has 0 atom stereocenters. The van der Waals surface area contributed by atoms with Crippen molar-refractivity contribution in [3.8, 4) is 0 Å². The van der Waals surface area contributed by atoms with Crippen LogP contribution < -0.4 is 15.5 Å². The second-order valence-electron chi connectivity index (χ2n) is 6.85. The van der Waals surface area contributed by atoms with Crippen LogP contribution in [0.25, 0.3) is 0 Å². The number of nitrogens with zero attached hydrogens (tertiary/aromatic N) is 3. The second-order valence-corrected chi connectivity index (χ2v) is 6.85. The molecule has 0 radical (unpaired) electrons. The van der Waals surface area contributed by atoms with Crippen molar-refractivity contribution in [2.75, 3.05) is 41.8 Å². The number of nitrogens with one attached hydrogen (secondary N) is 2. The molecule has 1 aliphatic heterocycles. The number of carbonyl (C=O) groups excluding carboxylic acids is 1. The number of aryl methyl sites for hydroxylation is 1. The maximum absolute atomic E-state index is 12.8. The van der Waals surface area contributed by atoms with Gasteiger partial charge in [-0.2, -0.15) is 0 Å². The van der Waals surface area contributed by atoms with Crippen molar-refractivity contribution < 1.29 is 9.53 Å². The predicted molar refractivity (Wildman–Crippen MR) is 114 cm³/mol. The fourth-order valence-electron chi connectivity index (χ4n) is 3.18. The minimum Gasteiger partial charge on any atom is -0.378 e. The Morgan fingerprint density at radius 2 is 1.79 bits per heavy atom. The molecule has 4 rings (SSSR count). The number of anilines is 4. The molecule has 1 aliphatic rings. The molecule has 0 spiro atoms. The lowest BCUT2D eigenvalue weighted by Gasteiger charge is -2.30. The molecule has 0 saturated carbocycles. The summed E-state index contributed by atoms with van der Waals surface area (Å²) in [5.41, 5.74) is 4.12. The lowest BCUT2D eigenvalue weighted by molar-refractivity contribution is 0.102. The van der Waals surface area contributed by atoms with E-state index < -0.39 is 0 Å². The molecule has 1 fully saturated rings. The third-order valence-corrected chi connectivity index (χ3v) is 4.73. The van der Waals surface area contributed by atoms with E-state index in [1.807, 2.05) is 55.5 Å². The van der Waals surface area contributed by atoms with Crippen LogP contribution in [0.1, 0.15) is 16.1 Å². The summed E-state index contributed by atoms with van der Waals surface area (Å²) in [4.78, 5) is 23.4. The van der Waals surface area contributed by atoms with E-state index in [1.165, 1.54) is 11.9 Å². The van der Waals surface area contributed by atoms with Gasteiger partial charge in [0.05, 0.1) is 24.6 Å². The molecule has 0 aliphatic carbocycles. The van der Waals surface area contributed by atoms with Crippen LogP contribution in [0.4, 0.5) is 22.9 Å². The summed E-state index contributed by atoms with van der Waals surface area (Å²) in [6.45, 7) is 4.99.